The Balaban J connectivity index is 2.15. The number of esters is 1. The van der Waals surface area contributed by atoms with Crippen molar-refractivity contribution in [2.45, 2.75) is 6.92 Å². The molecule has 0 saturated carbocycles. The average molecular weight is 286 g/mol. The molecule has 0 aliphatic carbocycles. The fraction of sp³-hybridized carbons (Fsp3) is 0.133. The van der Waals surface area contributed by atoms with E-state index in [0.717, 1.165) is 0 Å². The molecule has 2 N–H and O–H groups in total. The van der Waals surface area contributed by atoms with Gasteiger partial charge in [-0.25, -0.2) is 9.78 Å². The summed E-state index contributed by atoms with van der Waals surface area (Å²) < 4.78 is 4.59. The molecule has 0 radical (unpaired) electrons. The summed E-state index contributed by atoms with van der Waals surface area (Å²) >= 11 is 0. The number of rotatable bonds is 3. The molecule has 1 aromatic carbocycles. The van der Waals surface area contributed by atoms with Gasteiger partial charge in [-0.2, -0.15) is 0 Å². The Morgan fingerprint density at radius 3 is 2.38 bits per heavy atom. The van der Waals surface area contributed by atoms with Crippen LogP contribution in [0.2, 0.25) is 0 Å². The zero-order chi connectivity index (χ0) is 15.4. The third-order valence-corrected chi connectivity index (χ3v) is 2.86. The molecule has 0 bridgehead atoms. The maximum absolute atomic E-state index is 12.1. The van der Waals surface area contributed by atoms with Crippen LogP contribution in [0.15, 0.2) is 36.5 Å². The minimum Gasteiger partial charge on any atom is -0.506 e. The summed E-state index contributed by atoms with van der Waals surface area (Å²) in [5.41, 5.74) is 1.40. The van der Waals surface area contributed by atoms with E-state index in [1.807, 2.05) is 0 Å². The number of benzene rings is 1. The van der Waals surface area contributed by atoms with Crippen LogP contribution in [0.25, 0.3) is 0 Å². The summed E-state index contributed by atoms with van der Waals surface area (Å²) in [6, 6.07) is 7.58. The maximum Gasteiger partial charge on any atom is 0.337 e. The van der Waals surface area contributed by atoms with Gasteiger partial charge in [0, 0.05) is 5.56 Å². The Kier molecular flexibility index (Phi) is 4.18. The first-order valence-corrected chi connectivity index (χ1v) is 6.16. The lowest BCUT2D eigenvalue weighted by Gasteiger charge is -2.08. The Morgan fingerprint density at radius 2 is 1.81 bits per heavy atom. The van der Waals surface area contributed by atoms with Gasteiger partial charge in [0.2, 0.25) is 0 Å². The highest BCUT2D eigenvalue weighted by Gasteiger charge is 2.11. The number of pyridine rings is 1. The van der Waals surface area contributed by atoms with E-state index in [1.54, 1.807) is 6.92 Å². The van der Waals surface area contributed by atoms with Crippen LogP contribution in [0.5, 0.6) is 5.75 Å². The van der Waals surface area contributed by atoms with Crippen molar-refractivity contribution in [1.82, 2.24) is 4.98 Å². The van der Waals surface area contributed by atoms with E-state index in [-0.39, 0.29) is 11.7 Å². The number of nitrogens with zero attached hydrogens (tertiary/aromatic N) is 1. The van der Waals surface area contributed by atoms with E-state index in [9.17, 15) is 14.7 Å². The Labute approximate surface area is 121 Å². The molecule has 1 amide bonds. The highest BCUT2D eigenvalue weighted by Crippen LogP contribution is 2.17. The zero-order valence-electron chi connectivity index (χ0n) is 11.6. The number of ether oxygens (including phenoxy) is 1. The first-order chi connectivity index (χ1) is 10.0. The first kappa shape index (κ1) is 14.5. The number of anilines is 1. The number of aromatic hydroxyl groups is 1. The van der Waals surface area contributed by atoms with Crippen molar-refractivity contribution in [3.8, 4) is 5.75 Å². The van der Waals surface area contributed by atoms with E-state index in [2.05, 4.69) is 15.0 Å². The summed E-state index contributed by atoms with van der Waals surface area (Å²) in [5.74, 6) is -0.409. The summed E-state index contributed by atoms with van der Waals surface area (Å²) in [6.45, 7) is 1.72. The molecule has 0 aliphatic heterocycles. The van der Waals surface area contributed by atoms with Gasteiger partial charge in [-0.1, -0.05) is 0 Å². The molecule has 2 aromatic rings. The zero-order valence-corrected chi connectivity index (χ0v) is 11.6. The van der Waals surface area contributed by atoms with Crippen LogP contribution in [0.1, 0.15) is 26.3 Å². The molecule has 6 nitrogen and oxygen atoms in total. The second-order valence-electron chi connectivity index (χ2n) is 4.38. The molecule has 1 aromatic heterocycles. The fourth-order valence-corrected chi connectivity index (χ4v) is 1.75. The molecule has 0 spiro atoms. The van der Waals surface area contributed by atoms with Crippen LogP contribution in [-0.4, -0.2) is 29.1 Å². The summed E-state index contributed by atoms with van der Waals surface area (Å²) in [6.07, 6.45) is 1.25. The van der Waals surface area contributed by atoms with Gasteiger partial charge in [-0.3, -0.25) is 4.79 Å². The molecule has 0 aliphatic rings. The number of methoxy groups -OCH3 is 1. The molecule has 21 heavy (non-hydrogen) atoms. The third-order valence-electron chi connectivity index (χ3n) is 2.86. The van der Waals surface area contributed by atoms with Gasteiger partial charge in [0.25, 0.3) is 5.91 Å². The Morgan fingerprint density at radius 1 is 1.19 bits per heavy atom. The molecule has 6 heteroatoms. The van der Waals surface area contributed by atoms with Crippen LogP contribution < -0.4 is 5.32 Å². The monoisotopic (exact) mass is 286 g/mol. The molecular formula is C15H14N2O4. The largest absolute Gasteiger partial charge is 0.506 e. The van der Waals surface area contributed by atoms with Gasteiger partial charge in [0.1, 0.15) is 11.6 Å². The van der Waals surface area contributed by atoms with Crippen molar-refractivity contribution in [2.24, 2.45) is 0 Å². The Hall–Kier alpha value is -2.89. The minimum absolute atomic E-state index is 0.0351. The van der Waals surface area contributed by atoms with E-state index in [1.165, 1.54) is 43.6 Å². The predicted octanol–water partition coefficient (Wildman–Crippen LogP) is 2.13. The lowest BCUT2D eigenvalue weighted by atomic mass is 10.1. The second kappa shape index (κ2) is 6.04. The number of aryl methyl sites for hydroxylation is 1. The van der Waals surface area contributed by atoms with Crippen LogP contribution in [0.4, 0.5) is 5.82 Å². The lowest BCUT2D eigenvalue weighted by molar-refractivity contribution is 0.0600. The van der Waals surface area contributed by atoms with Gasteiger partial charge in [-0.05, 0) is 42.8 Å². The molecule has 108 valence electrons. The van der Waals surface area contributed by atoms with E-state index >= 15 is 0 Å². The molecule has 0 fully saturated rings. The quantitative estimate of drug-likeness (QED) is 0.844. The number of carbonyl (C=O) groups is 2. The molecule has 2 rings (SSSR count). The van der Waals surface area contributed by atoms with Crippen LogP contribution in [0, 0.1) is 6.92 Å². The van der Waals surface area contributed by atoms with Gasteiger partial charge in [0.05, 0.1) is 18.9 Å². The second-order valence-corrected chi connectivity index (χ2v) is 4.38. The SMILES string of the molecule is COC(=O)c1ccc(C(=O)Nc2ncc(O)cc2C)cc1. The Bertz CT molecular complexity index is 681. The lowest BCUT2D eigenvalue weighted by Crippen LogP contribution is -2.14. The summed E-state index contributed by atoms with van der Waals surface area (Å²) in [5, 5.41) is 11.9. The van der Waals surface area contributed by atoms with Gasteiger partial charge < -0.3 is 15.2 Å². The number of hydrogen-bond donors (Lipinski definition) is 2. The standard InChI is InChI=1S/C15H14N2O4/c1-9-7-12(18)8-16-13(9)17-14(19)10-3-5-11(6-4-10)15(20)21-2/h3-8,18H,1-2H3,(H,16,17,19). The molecule has 0 unspecified atom stereocenters. The van der Waals surface area contributed by atoms with E-state index < -0.39 is 5.97 Å². The number of aromatic nitrogens is 1. The summed E-state index contributed by atoms with van der Waals surface area (Å²) in [4.78, 5) is 27.3. The maximum atomic E-state index is 12.1. The van der Waals surface area contributed by atoms with E-state index in [4.69, 9.17) is 0 Å². The van der Waals surface area contributed by atoms with Gasteiger partial charge in [-0.15, -0.1) is 0 Å². The number of hydrogen-bond acceptors (Lipinski definition) is 5. The van der Waals surface area contributed by atoms with Crippen LogP contribution in [-0.2, 0) is 4.74 Å². The summed E-state index contributed by atoms with van der Waals surface area (Å²) in [7, 11) is 1.29. The highest BCUT2D eigenvalue weighted by molar-refractivity contribution is 6.04. The smallest absolute Gasteiger partial charge is 0.337 e. The average Bonchev–Trinajstić information content (AvgIpc) is 2.49. The minimum atomic E-state index is -0.460. The highest BCUT2D eigenvalue weighted by atomic mass is 16.5. The van der Waals surface area contributed by atoms with E-state index in [0.29, 0.717) is 22.5 Å². The van der Waals surface area contributed by atoms with Crippen molar-refractivity contribution >= 4 is 17.7 Å². The topological polar surface area (TPSA) is 88.5 Å². The van der Waals surface area contributed by atoms with Gasteiger partial charge >= 0.3 is 5.97 Å². The molecule has 0 saturated heterocycles. The normalized spacial score (nSPS) is 10.0. The van der Waals surface area contributed by atoms with Crippen molar-refractivity contribution < 1.29 is 19.4 Å². The predicted molar refractivity (Wildman–Crippen MR) is 76.4 cm³/mol. The van der Waals surface area contributed by atoms with Crippen molar-refractivity contribution in [2.75, 3.05) is 12.4 Å². The van der Waals surface area contributed by atoms with Gasteiger partial charge in [0.15, 0.2) is 0 Å². The number of amides is 1. The van der Waals surface area contributed by atoms with Crippen LogP contribution >= 0.6 is 0 Å². The molecular weight excluding hydrogens is 272 g/mol. The fourth-order valence-electron chi connectivity index (χ4n) is 1.75. The third kappa shape index (κ3) is 3.36. The van der Waals surface area contributed by atoms with Crippen molar-refractivity contribution in [3.63, 3.8) is 0 Å². The first-order valence-electron chi connectivity index (χ1n) is 6.16. The molecule has 1 heterocycles. The van der Waals surface area contributed by atoms with Crippen molar-refractivity contribution in [1.29, 1.82) is 0 Å². The number of carbonyl (C=O) groups excluding carboxylic acids is 2. The molecule has 0 atom stereocenters. The van der Waals surface area contributed by atoms with Crippen LogP contribution in [0.3, 0.4) is 0 Å². The number of nitrogens with one attached hydrogen (secondary N) is 1. The van der Waals surface area contributed by atoms with Crippen molar-refractivity contribution in [3.05, 3.63) is 53.2 Å².